The van der Waals surface area contributed by atoms with Crippen LogP contribution >= 0.6 is 0 Å². The summed E-state index contributed by atoms with van der Waals surface area (Å²) in [5.41, 5.74) is 0.0233. The molecule has 0 aliphatic carbocycles. The van der Waals surface area contributed by atoms with Gasteiger partial charge in [0.1, 0.15) is 24.7 Å². The minimum atomic E-state index is -4.32. The van der Waals surface area contributed by atoms with Gasteiger partial charge >= 0.3 is 7.60 Å². The van der Waals surface area contributed by atoms with E-state index in [9.17, 15) is 13.2 Å². The smallest absolute Gasteiger partial charge is 1.00 e. The summed E-state index contributed by atoms with van der Waals surface area (Å²) in [7, 11) is 0. The number of benzene rings is 2. The van der Waals surface area contributed by atoms with Crippen LogP contribution < -0.4 is 27.2 Å². The molecule has 1 aliphatic heterocycles. The van der Waals surface area contributed by atoms with E-state index in [4.69, 9.17) is 9.47 Å². The molecule has 1 saturated heterocycles. The van der Waals surface area contributed by atoms with Gasteiger partial charge in [0.25, 0.3) is 0 Å². The van der Waals surface area contributed by atoms with Crippen molar-refractivity contribution >= 4 is 0 Å². The van der Waals surface area contributed by atoms with E-state index < -0.39 is 11.7 Å². The average molecular weight is 388 g/mol. The maximum Gasteiger partial charge on any atom is 1.00 e. The summed E-state index contributed by atoms with van der Waals surface area (Å²) in [6.07, 6.45) is -2.00. The topological polar surface area (TPSA) is 30.5 Å². The van der Waals surface area contributed by atoms with Crippen molar-refractivity contribution in [3.63, 3.8) is 0 Å². The molecular weight excluding hydrogens is 367 g/mol. The number of nitrogens with one attached hydrogen (secondary N) is 1. The van der Waals surface area contributed by atoms with Gasteiger partial charge in [-0.05, 0) is 61.3 Å². The van der Waals surface area contributed by atoms with Gasteiger partial charge in [0.15, 0.2) is 0 Å². The van der Waals surface area contributed by atoms with Crippen LogP contribution in [0.25, 0.3) is 0 Å². The summed E-state index contributed by atoms with van der Waals surface area (Å²) in [6, 6.07) is 12.6. The molecule has 0 aromatic heterocycles. The largest absolute Gasteiger partial charge is 1.00 e. The second kappa shape index (κ2) is 9.14. The summed E-state index contributed by atoms with van der Waals surface area (Å²) in [5.74, 6) is 1.42. The van der Waals surface area contributed by atoms with Gasteiger partial charge in [0.05, 0.1) is 5.56 Å². The van der Waals surface area contributed by atoms with E-state index in [0.29, 0.717) is 24.0 Å². The van der Waals surface area contributed by atoms with Crippen LogP contribution in [0.4, 0.5) is 13.2 Å². The van der Waals surface area contributed by atoms with Gasteiger partial charge in [-0.1, -0.05) is 12.1 Å². The van der Waals surface area contributed by atoms with Crippen molar-refractivity contribution in [2.75, 3.05) is 13.2 Å². The molecule has 7 heteroatoms. The lowest BCUT2D eigenvalue weighted by molar-refractivity contribution is -0.137. The molecule has 0 spiro atoms. The third-order valence-corrected chi connectivity index (χ3v) is 4.12. The van der Waals surface area contributed by atoms with Crippen LogP contribution in [0.1, 0.15) is 25.4 Å². The fourth-order valence-corrected chi connectivity index (χ4v) is 2.68. The molecule has 1 atom stereocenters. The number of rotatable bonds is 6. The van der Waals surface area contributed by atoms with Crippen LogP contribution in [0, 0.1) is 0 Å². The molecule has 3 rings (SSSR count). The predicted octanol–water partition coefficient (Wildman–Crippen LogP) is 1.53. The minimum Gasteiger partial charge on any atom is -1.00 e. The van der Waals surface area contributed by atoms with E-state index in [1.165, 1.54) is 18.6 Å². The molecule has 1 N–H and O–H groups in total. The van der Waals surface area contributed by atoms with Crippen molar-refractivity contribution in [1.29, 1.82) is 0 Å². The highest BCUT2D eigenvalue weighted by molar-refractivity contribution is 5.32. The summed E-state index contributed by atoms with van der Waals surface area (Å²) >= 11 is 0. The average Bonchev–Trinajstić information content (AvgIpc) is 3.12. The Hall–Kier alpha value is -1.92. The Labute approximate surface area is 158 Å². The van der Waals surface area contributed by atoms with Crippen molar-refractivity contribution in [3.05, 3.63) is 59.7 Å². The second-order valence-corrected chi connectivity index (χ2v) is 6.06. The van der Waals surface area contributed by atoms with Crippen molar-refractivity contribution in [3.8, 4) is 11.5 Å². The van der Waals surface area contributed by atoms with Gasteiger partial charge in [-0.25, -0.2) is 0 Å². The number of ether oxygens (including phenoxy) is 2. The summed E-state index contributed by atoms with van der Waals surface area (Å²) in [5, 5.41) is 3.37. The highest BCUT2D eigenvalue weighted by Crippen LogP contribution is 2.29. The fourth-order valence-electron chi connectivity index (χ4n) is 2.68. The van der Waals surface area contributed by atoms with Crippen LogP contribution in [-0.4, -0.2) is 19.2 Å². The Morgan fingerprint density at radius 3 is 2.12 bits per heavy atom. The van der Waals surface area contributed by atoms with Gasteiger partial charge in [-0.3, -0.25) is 0 Å². The summed E-state index contributed by atoms with van der Waals surface area (Å²) in [4.78, 5) is 0. The second-order valence-electron chi connectivity index (χ2n) is 6.06. The molecule has 1 heterocycles. The van der Waals surface area contributed by atoms with E-state index in [-0.39, 0.29) is 20.4 Å². The quantitative estimate of drug-likeness (QED) is 0.815. The molecule has 26 heavy (non-hydrogen) atoms. The van der Waals surface area contributed by atoms with Gasteiger partial charge in [-0.15, -0.1) is 0 Å². The normalized spacial score (nSPS) is 16.8. The fraction of sp³-hybridized carbons (Fsp3) is 0.368. The van der Waals surface area contributed by atoms with Crippen LogP contribution in [0.3, 0.4) is 0 Å². The highest BCUT2D eigenvalue weighted by atomic mass is 35.5. The molecule has 0 unspecified atom stereocenters. The first kappa shape index (κ1) is 20.4. The van der Waals surface area contributed by atoms with E-state index >= 15 is 0 Å². The Bertz CT molecular complexity index is 675. The van der Waals surface area contributed by atoms with E-state index in [1.54, 1.807) is 12.1 Å². The van der Waals surface area contributed by atoms with Gasteiger partial charge in [-0.2, -0.15) is 13.2 Å². The number of hydrogen-bond donors (Lipinski definition) is 1. The Morgan fingerprint density at radius 1 is 0.962 bits per heavy atom. The lowest BCUT2D eigenvalue weighted by Gasteiger charge is -2.13. The van der Waals surface area contributed by atoms with Crippen LogP contribution in [-0.2, 0) is 12.8 Å². The first-order valence-corrected chi connectivity index (χ1v) is 8.26. The zero-order valence-corrected chi connectivity index (χ0v) is 14.8. The maximum absolute atomic E-state index is 12.5. The number of alkyl halides is 3. The molecule has 2 aromatic carbocycles. The molecule has 3 nitrogen and oxygen atoms in total. The standard InChI is InChI=1S/C19H20F3NO2.ClH/c20-19(21,22)15-5-3-14(4-6-15)12-24-17-7-9-18(10-8-17)25-13-16-2-1-11-23-16;/h3-10,16,23H,1-2,11-13H2;1H/t16-;/m1./s1. The predicted molar refractivity (Wildman–Crippen MR) is 89.8 cm³/mol. The van der Waals surface area contributed by atoms with Crippen molar-refractivity contribution in [2.45, 2.75) is 31.7 Å². The zero-order chi connectivity index (χ0) is 17.7. The van der Waals surface area contributed by atoms with Crippen LogP contribution in [0.15, 0.2) is 48.5 Å². The van der Waals surface area contributed by atoms with Gasteiger partial charge in [0, 0.05) is 6.04 Å². The Balaban J connectivity index is 0.00000182. The van der Waals surface area contributed by atoms with E-state index in [2.05, 4.69) is 5.32 Å². The highest BCUT2D eigenvalue weighted by Gasteiger charge is 2.29. The molecule has 0 amide bonds. The van der Waals surface area contributed by atoms with Crippen molar-refractivity contribution in [2.24, 2.45) is 0 Å². The Morgan fingerprint density at radius 2 is 1.58 bits per heavy atom. The number of halogens is 4. The monoisotopic (exact) mass is 387 g/mol. The van der Waals surface area contributed by atoms with E-state index in [1.807, 2.05) is 12.1 Å². The maximum atomic E-state index is 12.5. The van der Waals surface area contributed by atoms with Crippen molar-refractivity contribution in [1.82, 2.24) is 5.32 Å². The van der Waals surface area contributed by atoms with Crippen molar-refractivity contribution < 1.29 is 36.5 Å². The van der Waals surface area contributed by atoms with Gasteiger partial charge in [0.2, 0.25) is 0 Å². The molecule has 0 saturated carbocycles. The lowest BCUT2D eigenvalue weighted by Crippen LogP contribution is -3.00. The minimum absolute atomic E-state index is 0. The molecule has 142 valence electrons. The third kappa shape index (κ3) is 5.81. The van der Waals surface area contributed by atoms with Crippen LogP contribution in [0.2, 0.25) is 0 Å². The molecule has 0 bridgehead atoms. The van der Waals surface area contributed by atoms with Crippen LogP contribution in [0.5, 0.6) is 11.5 Å². The molecule has 1 aliphatic rings. The SMILES string of the molecule is FC(F)(F)c1ccc(COc2ccc(OC[C@H]3CCCN3)cc2)cc1.[Cl-].[H+]. The summed E-state index contributed by atoms with van der Waals surface area (Å²) < 4.78 is 48.9. The Kier molecular flexibility index (Phi) is 7.17. The number of hydrogen-bond acceptors (Lipinski definition) is 3. The summed E-state index contributed by atoms with van der Waals surface area (Å²) in [6.45, 7) is 1.90. The first-order chi connectivity index (χ1) is 12.0. The van der Waals surface area contributed by atoms with E-state index in [0.717, 1.165) is 30.8 Å². The third-order valence-electron chi connectivity index (χ3n) is 4.12. The molecule has 1 fully saturated rings. The zero-order valence-electron chi connectivity index (χ0n) is 15.1. The molecular formula is C19H21ClF3NO2. The van der Waals surface area contributed by atoms with Gasteiger partial charge < -0.3 is 27.2 Å². The lowest BCUT2D eigenvalue weighted by atomic mass is 10.1. The first-order valence-electron chi connectivity index (χ1n) is 8.26. The molecule has 0 radical (unpaired) electrons. The molecule has 2 aromatic rings.